The number of hydrogen-bond donors (Lipinski definition) is 2. The van der Waals surface area contributed by atoms with Gasteiger partial charge in [0.2, 0.25) is 5.95 Å². The van der Waals surface area contributed by atoms with Crippen molar-refractivity contribution in [3.05, 3.63) is 53.0 Å². The molecule has 1 atom stereocenters. The van der Waals surface area contributed by atoms with Crippen LogP contribution in [0, 0.1) is 0 Å². The highest BCUT2D eigenvalue weighted by molar-refractivity contribution is 5.99. The molecule has 1 aliphatic heterocycles. The second-order valence-corrected chi connectivity index (χ2v) is 6.23. The van der Waals surface area contributed by atoms with Crippen LogP contribution in [0.3, 0.4) is 0 Å². The quantitative estimate of drug-likeness (QED) is 0.901. The first-order valence-electron chi connectivity index (χ1n) is 8.42. The lowest BCUT2D eigenvalue weighted by Crippen LogP contribution is -2.31. The van der Waals surface area contributed by atoms with Crippen LogP contribution in [0.25, 0.3) is 0 Å². The van der Waals surface area contributed by atoms with Crippen molar-refractivity contribution in [2.24, 2.45) is 0 Å². The summed E-state index contributed by atoms with van der Waals surface area (Å²) in [5.41, 5.74) is 2.84. The largest absolute Gasteiger partial charge is 0.396 e. The van der Waals surface area contributed by atoms with Gasteiger partial charge in [0, 0.05) is 30.7 Å². The Labute approximate surface area is 140 Å². The Morgan fingerprint density at radius 2 is 2.08 bits per heavy atom. The van der Waals surface area contributed by atoms with Gasteiger partial charge in [-0.15, -0.1) is 0 Å². The van der Waals surface area contributed by atoms with Gasteiger partial charge >= 0.3 is 0 Å². The van der Waals surface area contributed by atoms with Crippen molar-refractivity contribution in [1.82, 2.24) is 14.8 Å². The van der Waals surface area contributed by atoms with Gasteiger partial charge in [0.25, 0.3) is 0 Å². The number of anilines is 1. The van der Waals surface area contributed by atoms with Gasteiger partial charge < -0.3 is 10.4 Å². The van der Waals surface area contributed by atoms with Crippen LogP contribution in [0.5, 0.6) is 0 Å². The number of carbonyl (C=O) groups is 1. The molecule has 24 heavy (non-hydrogen) atoms. The molecule has 0 amide bonds. The lowest BCUT2D eigenvalue weighted by molar-refractivity contribution is -0.116. The molecule has 0 spiro atoms. The van der Waals surface area contributed by atoms with E-state index in [1.807, 2.05) is 35.0 Å². The van der Waals surface area contributed by atoms with E-state index in [2.05, 4.69) is 15.4 Å². The van der Waals surface area contributed by atoms with E-state index in [9.17, 15) is 4.79 Å². The number of nitrogens with zero attached hydrogens (tertiary/aromatic N) is 3. The molecule has 0 radical (unpaired) electrons. The summed E-state index contributed by atoms with van der Waals surface area (Å²) in [6.07, 6.45) is 3.58. The smallest absolute Gasteiger partial charge is 0.226 e. The minimum Gasteiger partial charge on any atom is -0.396 e. The molecule has 1 aromatic carbocycles. The van der Waals surface area contributed by atoms with Crippen LogP contribution in [0.4, 0.5) is 5.95 Å². The van der Waals surface area contributed by atoms with E-state index in [0.717, 1.165) is 29.7 Å². The number of aliphatic hydroxyl groups is 1. The predicted molar refractivity (Wildman–Crippen MR) is 89.5 cm³/mol. The molecule has 0 saturated carbocycles. The normalized spacial score (nSPS) is 19.7. The predicted octanol–water partition coefficient (Wildman–Crippen LogP) is 2.22. The molecule has 2 N–H and O–H groups in total. The number of allylic oxidation sites excluding steroid dienone is 2. The van der Waals surface area contributed by atoms with Gasteiger partial charge in [-0.25, -0.2) is 4.68 Å². The van der Waals surface area contributed by atoms with Gasteiger partial charge in [0.1, 0.15) is 6.04 Å². The number of aromatic nitrogens is 3. The number of carbonyl (C=O) groups excluding carboxylic acids is 1. The maximum absolute atomic E-state index is 12.6. The molecule has 0 fully saturated rings. The maximum Gasteiger partial charge on any atom is 0.226 e. The van der Waals surface area contributed by atoms with Crippen LogP contribution in [0.15, 0.2) is 41.6 Å². The highest BCUT2D eigenvalue weighted by Gasteiger charge is 2.36. The van der Waals surface area contributed by atoms with Crippen molar-refractivity contribution in [1.29, 1.82) is 0 Å². The first kappa shape index (κ1) is 15.1. The molecule has 4 rings (SSSR count). The fourth-order valence-electron chi connectivity index (χ4n) is 3.49. The molecule has 6 nitrogen and oxygen atoms in total. The molecule has 1 aliphatic carbocycles. The van der Waals surface area contributed by atoms with E-state index in [-0.39, 0.29) is 18.4 Å². The van der Waals surface area contributed by atoms with Gasteiger partial charge in [-0.05, 0) is 24.8 Å². The summed E-state index contributed by atoms with van der Waals surface area (Å²) in [5, 5.41) is 17.0. The number of benzene rings is 1. The summed E-state index contributed by atoms with van der Waals surface area (Å²) in [7, 11) is 0. The maximum atomic E-state index is 12.6. The highest BCUT2D eigenvalue weighted by atomic mass is 16.2. The standard InChI is InChI=1S/C18H20N4O2/c23-11-5-10-15-20-18-19-13-8-4-9-14(24)16(13)17(22(18)21-15)12-6-2-1-3-7-12/h1-3,6-7,17,23H,4-5,8-11H2,(H,19,20,21). The van der Waals surface area contributed by atoms with Crippen molar-refractivity contribution in [2.75, 3.05) is 11.9 Å². The van der Waals surface area contributed by atoms with E-state index >= 15 is 0 Å². The Morgan fingerprint density at radius 1 is 1.25 bits per heavy atom. The van der Waals surface area contributed by atoms with Crippen LogP contribution in [-0.4, -0.2) is 32.3 Å². The van der Waals surface area contributed by atoms with Crippen LogP contribution in [-0.2, 0) is 11.2 Å². The summed E-state index contributed by atoms with van der Waals surface area (Å²) in [4.78, 5) is 17.2. The second-order valence-electron chi connectivity index (χ2n) is 6.23. The third kappa shape index (κ3) is 2.53. The van der Waals surface area contributed by atoms with Crippen LogP contribution in [0.1, 0.15) is 43.1 Å². The van der Waals surface area contributed by atoms with Crippen molar-refractivity contribution < 1.29 is 9.90 Å². The molecule has 2 aliphatic rings. The molecule has 0 bridgehead atoms. The Morgan fingerprint density at radius 3 is 2.88 bits per heavy atom. The summed E-state index contributed by atoms with van der Waals surface area (Å²) in [5.74, 6) is 1.57. The molecule has 2 aromatic rings. The van der Waals surface area contributed by atoms with Crippen molar-refractivity contribution >= 4 is 11.7 Å². The fourth-order valence-corrected chi connectivity index (χ4v) is 3.49. The van der Waals surface area contributed by atoms with Crippen LogP contribution < -0.4 is 5.32 Å². The van der Waals surface area contributed by atoms with Gasteiger partial charge in [-0.1, -0.05) is 30.3 Å². The Kier molecular flexibility index (Phi) is 3.90. The number of hydrogen-bond acceptors (Lipinski definition) is 5. The average molecular weight is 324 g/mol. The number of Topliss-reactive ketones (excluding diaryl/α,β-unsaturated/α-hetero) is 1. The number of fused-ring (bicyclic) bond motifs is 1. The highest BCUT2D eigenvalue weighted by Crippen LogP contribution is 2.39. The SMILES string of the molecule is O=C1CCCC2=C1C(c1ccccc1)n1nc(CCCO)nc1N2. The van der Waals surface area contributed by atoms with Crippen molar-refractivity contribution in [3.63, 3.8) is 0 Å². The van der Waals surface area contributed by atoms with Crippen LogP contribution in [0.2, 0.25) is 0 Å². The van der Waals surface area contributed by atoms with Gasteiger partial charge in [-0.2, -0.15) is 10.1 Å². The monoisotopic (exact) mass is 324 g/mol. The molecule has 6 heteroatoms. The molecule has 0 saturated heterocycles. The van der Waals surface area contributed by atoms with E-state index in [0.29, 0.717) is 31.0 Å². The zero-order chi connectivity index (χ0) is 16.5. The third-order valence-corrected chi connectivity index (χ3v) is 4.59. The average Bonchev–Trinajstić information content (AvgIpc) is 3.01. The molecule has 124 valence electrons. The first-order chi connectivity index (χ1) is 11.8. The number of ketones is 1. The molecular formula is C18H20N4O2. The lowest BCUT2D eigenvalue weighted by atomic mass is 9.85. The Bertz CT molecular complexity index is 795. The summed E-state index contributed by atoms with van der Waals surface area (Å²) < 4.78 is 1.82. The number of nitrogens with one attached hydrogen (secondary N) is 1. The molecule has 1 unspecified atom stereocenters. The topological polar surface area (TPSA) is 80.0 Å². The van der Waals surface area contributed by atoms with Gasteiger partial charge in [-0.3, -0.25) is 4.79 Å². The summed E-state index contributed by atoms with van der Waals surface area (Å²) in [6, 6.07) is 9.77. The van der Waals surface area contributed by atoms with Crippen LogP contribution >= 0.6 is 0 Å². The Balaban J connectivity index is 1.82. The first-order valence-corrected chi connectivity index (χ1v) is 8.42. The summed E-state index contributed by atoms with van der Waals surface area (Å²) >= 11 is 0. The van der Waals surface area contributed by atoms with Crippen molar-refractivity contribution in [2.45, 2.75) is 38.1 Å². The van der Waals surface area contributed by atoms with E-state index in [1.165, 1.54) is 0 Å². The van der Waals surface area contributed by atoms with Gasteiger partial charge in [0.15, 0.2) is 11.6 Å². The van der Waals surface area contributed by atoms with Crippen molar-refractivity contribution in [3.8, 4) is 0 Å². The van der Waals surface area contributed by atoms with E-state index in [4.69, 9.17) is 5.11 Å². The van der Waals surface area contributed by atoms with Gasteiger partial charge in [0.05, 0.1) is 0 Å². The zero-order valence-electron chi connectivity index (χ0n) is 13.4. The Hall–Kier alpha value is -2.47. The van der Waals surface area contributed by atoms with E-state index in [1.54, 1.807) is 0 Å². The minimum absolute atomic E-state index is 0.118. The number of rotatable bonds is 4. The molecule has 2 heterocycles. The zero-order valence-corrected chi connectivity index (χ0v) is 13.4. The second kappa shape index (κ2) is 6.20. The molecule has 1 aromatic heterocycles. The fraction of sp³-hybridized carbons (Fsp3) is 0.389. The number of aliphatic hydroxyl groups excluding tert-OH is 1. The van der Waals surface area contributed by atoms with E-state index < -0.39 is 0 Å². The third-order valence-electron chi connectivity index (χ3n) is 4.59. The molecular weight excluding hydrogens is 304 g/mol. The minimum atomic E-state index is -0.222. The summed E-state index contributed by atoms with van der Waals surface area (Å²) in [6.45, 7) is 0.118. The number of aryl methyl sites for hydroxylation is 1. The lowest BCUT2D eigenvalue weighted by Gasteiger charge is -2.32.